The van der Waals surface area contributed by atoms with Crippen molar-refractivity contribution in [1.29, 1.82) is 0 Å². The van der Waals surface area contributed by atoms with Crippen LogP contribution in [0.2, 0.25) is 0 Å². The maximum absolute atomic E-state index is 12.5. The van der Waals surface area contributed by atoms with Crippen LogP contribution in [0.3, 0.4) is 0 Å². The molecule has 0 unspecified atom stereocenters. The summed E-state index contributed by atoms with van der Waals surface area (Å²) in [6, 6.07) is 3.89. The van der Waals surface area contributed by atoms with Gasteiger partial charge in [-0.15, -0.1) is 0 Å². The molecular weight excluding hydrogens is 276 g/mol. The number of hydrogen-bond donors (Lipinski definition) is 1. The van der Waals surface area contributed by atoms with Gasteiger partial charge in [0.2, 0.25) is 0 Å². The zero-order valence-electron chi connectivity index (χ0n) is 13.8. The van der Waals surface area contributed by atoms with E-state index in [0.29, 0.717) is 11.8 Å². The average molecular weight is 302 g/mol. The zero-order chi connectivity index (χ0) is 15.7. The highest BCUT2D eigenvalue weighted by atomic mass is 16.1. The van der Waals surface area contributed by atoms with Crippen molar-refractivity contribution in [3.05, 3.63) is 33.9 Å². The quantitative estimate of drug-likeness (QED) is 0.943. The van der Waals surface area contributed by atoms with Crippen LogP contribution in [-0.4, -0.2) is 27.3 Å². The average Bonchev–Trinajstić information content (AvgIpc) is 2.99. The van der Waals surface area contributed by atoms with E-state index >= 15 is 0 Å². The molecule has 120 valence electrons. The van der Waals surface area contributed by atoms with Crippen molar-refractivity contribution in [1.82, 2.24) is 19.5 Å². The Kier molecular flexibility index (Phi) is 4.34. The lowest BCUT2D eigenvalue weighted by Crippen LogP contribution is -2.29. The van der Waals surface area contributed by atoms with Gasteiger partial charge >= 0.3 is 0 Å². The maximum atomic E-state index is 12.5. The van der Waals surface area contributed by atoms with Crippen molar-refractivity contribution < 1.29 is 0 Å². The van der Waals surface area contributed by atoms with Gasteiger partial charge in [-0.1, -0.05) is 13.8 Å². The molecule has 2 aromatic heterocycles. The summed E-state index contributed by atoms with van der Waals surface area (Å²) in [7, 11) is 2.06. The fourth-order valence-electron chi connectivity index (χ4n) is 3.62. The van der Waals surface area contributed by atoms with Crippen molar-refractivity contribution in [3.8, 4) is 0 Å². The lowest BCUT2D eigenvalue weighted by Gasteiger charge is -2.25. The van der Waals surface area contributed by atoms with Crippen LogP contribution in [0.5, 0.6) is 0 Å². The minimum Gasteiger partial charge on any atom is -0.333 e. The summed E-state index contributed by atoms with van der Waals surface area (Å²) in [5.74, 6) is 0.900. The molecule has 22 heavy (non-hydrogen) atoms. The van der Waals surface area contributed by atoms with Crippen LogP contribution in [0.1, 0.15) is 62.8 Å². The first kappa shape index (κ1) is 15.3. The molecule has 0 amide bonds. The van der Waals surface area contributed by atoms with E-state index in [1.165, 1.54) is 0 Å². The van der Waals surface area contributed by atoms with Crippen LogP contribution in [0, 0.1) is 0 Å². The van der Waals surface area contributed by atoms with Crippen molar-refractivity contribution in [3.63, 3.8) is 0 Å². The highest BCUT2D eigenvalue weighted by Crippen LogP contribution is 2.26. The number of nitrogens with zero attached hydrogens (tertiary/aromatic N) is 3. The van der Waals surface area contributed by atoms with Gasteiger partial charge in [0.05, 0.1) is 5.69 Å². The second-order valence-corrected chi connectivity index (χ2v) is 6.34. The summed E-state index contributed by atoms with van der Waals surface area (Å²) in [5.41, 5.74) is 3.11. The largest absolute Gasteiger partial charge is 0.333 e. The van der Waals surface area contributed by atoms with Gasteiger partial charge in [0.15, 0.2) is 0 Å². The molecule has 1 aliphatic rings. The molecule has 3 rings (SSSR count). The highest BCUT2D eigenvalue weighted by molar-refractivity contribution is 5.43. The molecule has 0 aliphatic carbocycles. The number of aryl methyl sites for hydroxylation is 1. The van der Waals surface area contributed by atoms with Crippen molar-refractivity contribution in [2.45, 2.75) is 51.4 Å². The molecule has 1 saturated heterocycles. The monoisotopic (exact) mass is 302 g/mol. The molecule has 0 bridgehead atoms. The molecule has 0 aromatic carbocycles. The molecular formula is C17H26N4O. The number of aromatic nitrogens is 3. The third-order valence-electron chi connectivity index (χ3n) is 5.08. The van der Waals surface area contributed by atoms with Crippen LogP contribution < -0.4 is 10.9 Å². The molecule has 2 aromatic rings. The normalized spacial score (nSPS) is 16.7. The third kappa shape index (κ3) is 2.58. The molecule has 0 atom stereocenters. The second kappa shape index (κ2) is 6.24. The number of hydrogen-bond acceptors (Lipinski definition) is 3. The van der Waals surface area contributed by atoms with Crippen LogP contribution in [0.25, 0.3) is 5.65 Å². The Labute approximate surface area is 131 Å². The molecule has 1 fully saturated rings. The van der Waals surface area contributed by atoms with Gasteiger partial charge in [-0.2, -0.15) is 9.61 Å². The van der Waals surface area contributed by atoms with Gasteiger partial charge in [0.1, 0.15) is 5.65 Å². The Bertz CT molecular complexity index is 705. The van der Waals surface area contributed by atoms with Crippen molar-refractivity contribution in [2.24, 2.45) is 7.05 Å². The first-order chi connectivity index (χ1) is 10.7. The van der Waals surface area contributed by atoms with Crippen LogP contribution in [0.4, 0.5) is 0 Å². The highest BCUT2D eigenvalue weighted by Gasteiger charge is 2.21. The molecule has 5 nitrogen and oxygen atoms in total. The lowest BCUT2D eigenvalue weighted by atomic mass is 9.94. The number of rotatable bonds is 4. The summed E-state index contributed by atoms with van der Waals surface area (Å²) in [6.07, 6.45) is 4.30. The van der Waals surface area contributed by atoms with E-state index in [0.717, 1.165) is 55.8 Å². The predicted molar refractivity (Wildman–Crippen MR) is 88.6 cm³/mol. The Hall–Kier alpha value is -1.62. The molecule has 1 N–H and O–H groups in total. The SMILES string of the molecule is CCC(CC)c1cc2n(C)c(C3CCNCC3)cc(=O)n2n1. The fraction of sp³-hybridized carbons (Fsp3) is 0.647. The maximum Gasteiger partial charge on any atom is 0.274 e. The Morgan fingerprint density at radius 2 is 1.95 bits per heavy atom. The Balaban J connectivity index is 2.09. The number of nitrogens with one attached hydrogen (secondary N) is 1. The third-order valence-corrected chi connectivity index (χ3v) is 5.08. The summed E-state index contributed by atoms with van der Waals surface area (Å²) in [5, 5.41) is 7.96. The topological polar surface area (TPSA) is 51.3 Å². The summed E-state index contributed by atoms with van der Waals surface area (Å²) in [4.78, 5) is 12.5. The van der Waals surface area contributed by atoms with E-state index < -0.39 is 0 Å². The van der Waals surface area contributed by atoms with Gasteiger partial charge in [0.25, 0.3) is 5.56 Å². The van der Waals surface area contributed by atoms with E-state index in [1.54, 1.807) is 10.6 Å². The van der Waals surface area contributed by atoms with Gasteiger partial charge in [-0.25, -0.2) is 0 Å². The van der Waals surface area contributed by atoms with E-state index in [1.807, 2.05) is 0 Å². The summed E-state index contributed by atoms with van der Waals surface area (Å²) in [6.45, 7) is 6.41. The molecule has 3 heterocycles. The minimum atomic E-state index is -0.00108. The van der Waals surface area contributed by atoms with E-state index in [4.69, 9.17) is 0 Å². The van der Waals surface area contributed by atoms with Crippen LogP contribution in [0.15, 0.2) is 16.9 Å². The first-order valence-corrected chi connectivity index (χ1v) is 8.46. The standard InChI is InChI=1S/C17H26N4O/c1-4-12(5-2)14-10-16-20(3)15(11-17(22)21(16)19-14)13-6-8-18-9-7-13/h10-13,18H,4-9H2,1-3H3. The molecule has 0 saturated carbocycles. The summed E-state index contributed by atoms with van der Waals surface area (Å²) >= 11 is 0. The number of piperidine rings is 1. The predicted octanol–water partition coefficient (Wildman–Crippen LogP) is 2.40. The molecule has 5 heteroatoms. The molecule has 0 spiro atoms. The zero-order valence-corrected chi connectivity index (χ0v) is 13.8. The molecule has 1 aliphatic heterocycles. The van der Waals surface area contributed by atoms with E-state index in [-0.39, 0.29) is 5.56 Å². The van der Waals surface area contributed by atoms with Crippen molar-refractivity contribution >= 4 is 5.65 Å². The Morgan fingerprint density at radius 3 is 2.59 bits per heavy atom. The van der Waals surface area contributed by atoms with Gasteiger partial charge < -0.3 is 9.88 Å². The van der Waals surface area contributed by atoms with Gasteiger partial charge in [-0.05, 0) is 38.8 Å². The van der Waals surface area contributed by atoms with Gasteiger partial charge in [-0.3, -0.25) is 4.79 Å². The first-order valence-electron chi connectivity index (χ1n) is 8.46. The smallest absolute Gasteiger partial charge is 0.274 e. The van der Waals surface area contributed by atoms with Gasteiger partial charge in [0, 0.05) is 36.7 Å². The Morgan fingerprint density at radius 1 is 1.27 bits per heavy atom. The number of fused-ring (bicyclic) bond motifs is 1. The minimum absolute atomic E-state index is 0.00108. The summed E-state index contributed by atoms with van der Waals surface area (Å²) < 4.78 is 3.73. The second-order valence-electron chi connectivity index (χ2n) is 6.34. The van der Waals surface area contributed by atoms with E-state index in [2.05, 4.69) is 41.9 Å². The van der Waals surface area contributed by atoms with Crippen molar-refractivity contribution in [2.75, 3.05) is 13.1 Å². The van der Waals surface area contributed by atoms with Crippen LogP contribution >= 0.6 is 0 Å². The van der Waals surface area contributed by atoms with Crippen LogP contribution in [-0.2, 0) is 7.05 Å². The lowest BCUT2D eigenvalue weighted by molar-refractivity contribution is 0.443. The fourth-order valence-corrected chi connectivity index (χ4v) is 3.62. The molecule has 0 radical (unpaired) electrons. The van der Waals surface area contributed by atoms with E-state index in [9.17, 15) is 4.79 Å².